The smallest absolute Gasteiger partial charge is 0.327 e. The highest BCUT2D eigenvalue weighted by Crippen LogP contribution is 2.36. The highest BCUT2D eigenvalue weighted by Gasteiger charge is 2.32. The van der Waals surface area contributed by atoms with Crippen LogP contribution in [0.2, 0.25) is 0 Å². The quantitative estimate of drug-likeness (QED) is 0.596. The second-order valence-corrected chi connectivity index (χ2v) is 8.34. The maximum absolute atomic E-state index is 13.4. The summed E-state index contributed by atoms with van der Waals surface area (Å²) in [6.07, 6.45) is 5.87. The lowest BCUT2D eigenvalue weighted by molar-refractivity contribution is 0.122. The number of ether oxygens (including phenoxy) is 1. The van der Waals surface area contributed by atoms with Crippen LogP contribution in [0.15, 0.2) is 36.7 Å². The van der Waals surface area contributed by atoms with E-state index in [1.165, 1.54) is 0 Å². The van der Waals surface area contributed by atoms with E-state index in [9.17, 15) is 4.79 Å². The molecular formula is C24H28N8O2. The van der Waals surface area contributed by atoms with Gasteiger partial charge >= 0.3 is 6.03 Å². The van der Waals surface area contributed by atoms with E-state index >= 15 is 0 Å². The van der Waals surface area contributed by atoms with Gasteiger partial charge in [0.05, 0.1) is 18.9 Å². The largest absolute Gasteiger partial charge is 0.378 e. The third-order valence-electron chi connectivity index (χ3n) is 6.08. The Bertz CT molecular complexity index is 1180. The number of aromatic nitrogens is 4. The summed E-state index contributed by atoms with van der Waals surface area (Å²) in [5.74, 6) is 1.39. The molecule has 10 nitrogen and oxygen atoms in total. The number of urea groups is 1. The average molecular weight is 461 g/mol. The van der Waals surface area contributed by atoms with E-state index < -0.39 is 0 Å². The zero-order valence-corrected chi connectivity index (χ0v) is 19.2. The van der Waals surface area contributed by atoms with Crippen LogP contribution in [0.4, 0.5) is 28.2 Å². The summed E-state index contributed by atoms with van der Waals surface area (Å²) in [5.41, 5.74) is 10.0. The number of benzene rings is 1. The van der Waals surface area contributed by atoms with Crippen molar-refractivity contribution in [2.75, 3.05) is 53.7 Å². The first-order valence-electron chi connectivity index (χ1n) is 11.6. The molecule has 1 fully saturated rings. The topological polar surface area (TPSA) is 122 Å². The molecule has 0 radical (unpaired) electrons. The van der Waals surface area contributed by atoms with Crippen LogP contribution in [0, 0.1) is 0 Å². The predicted octanol–water partition coefficient (Wildman–Crippen LogP) is 2.90. The van der Waals surface area contributed by atoms with E-state index in [1.54, 1.807) is 17.3 Å². The van der Waals surface area contributed by atoms with E-state index in [0.29, 0.717) is 51.0 Å². The molecule has 0 saturated carbocycles. The maximum Gasteiger partial charge on any atom is 0.327 e. The summed E-state index contributed by atoms with van der Waals surface area (Å²) >= 11 is 0. The molecule has 4 heterocycles. The highest BCUT2D eigenvalue weighted by atomic mass is 16.5. The maximum atomic E-state index is 13.4. The molecule has 176 valence electrons. The van der Waals surface area contributed by atoms with Gasteiger partial charge < -0.3 is 20.7 Å². The van der Waals surface area contributed by atoms with Crippen molar-refractivity contribution in [3.8, 4) is 11.3 Å². The van der Waals surface area contributed by atoms with Gasteiger partial charge in [-0.15, -0.1) is 0 Å². The molecule has 10 heteroatoms. The van der Waals surface area contributed by atoms with Crippen molar-refractivity contribution in [1.29, 1.82) is 0 Å². The molecule has 0 atom stereocenters. The molecule has 0 unspecified atom stereocenters. The van der Waals surface area contributed by atoms with Crippen molar-refractivity contribution < 1.29 is 9.53 Å². The molecule has 3 N–H and O–H groups in total. The number of carbonyl (C=O) groups excluding carboxylic acids is 1. The molecule has 2 aliphatic heterocycles. The molecule has 2 aromatic heterocycles. The minimum atomic E-state index is -0.201. The van der Waals surface area contributed by atoms with Crippen molar-refractivity contribution in [3.63, 3.8) is 0 Å². The third kappa shape index (κ3) is 4.36. The van der Waals surface area contributed by atoms with Gasteiger partial charge in [0.25, 0.3) is 0 Å². The van der Waals surface area contributed by atoms with Crippen LogP contribution in [0.5, 0.6) is 0 Å². The van der Waals surface area contributed by atoms with E-state index in [1.807, 2.05) is 18.2 Å². The molecule has 3 aromatic rings. The number of amides is 2. The van der Waals surface area contributed by atoms with Gasteiger partial charge in [0.1, 0.15) is 5.82 Å². The van der Waals surface area contributed by atoms with Gasteiger partial charge in [-0.05, 0) is 24.5 Å². The van der Waals surface area contributed by atoms with Crippen molar-refractivity contribution in [1.82, 2.24) is 19.9 Å². The molecule has 1 saturated heterocycles. The second kappa shape index (κ2) is 9.60. The van der Waals surface area contributed by atoms with E-state index in [0.717, 1.165) is 40.9 Å². The number of aryl methyl sites for hydroxylation is 1. The third-order valence-corrected chi connectivity index (χ3v) is 6.08. The van der Waals surface area contributed by atoms with Crippen LogP contribution in [0.1, 0.15) is 24.5 Å². The van der Waals surface area contributed by atoms with Gasteiger partial charge in [-0.25, -0.2) is 19.7 Å². The monoisotopic (exact) mass is 460 g/mol. The van der Waals surface area contributed by atoms with Crippen LogP contribution >= 0.6 is 0 Å². The summed E-state index contributed by atoms with van der Waals surface area (Å²) in [6.45, 7) is 5.24. The summed E-state index contributed by atoms with van der Waals surface area (Å²) < 4.78 is 5.49. The number of nitrogens with one attached hydrogen (secondary N) is 1. The van der Waals surface area contributed by atoms with Crippen molar-refractivity contribution in [2.24, 2.45) is 0 Å². The molecule has 2 amide bonds. The van der Waals surface area contributed by atoms with Gasteiger partial charge in [0, 0.05) is 48.8 Å². The number of nitrogens with two attached hydrogens (primary N) is 1. The minimum Gasteiger partial charge on any atom is -0.378 e. The number of carbonyl (C=O) groups is 1. The number of fused-ring (bicyclic) bond motifs is 1. The van der Waals surface area contributed by atoms with E-state index in [4.69, 9.17) is 20.4 Å². The fourth-order valence-corrected chi connectivity index (χ4v) is 4.36. The Morgan fingerprint density at radius 3 is 2.65 bits per heavy atom. The van der Waals surface area contributed by atoms with E-state index in [-0.39, 0.29) is 12.0 Å². The molecule has 0 aliphatic carbocycles. The Labute approximate surface area is 198 Å². The number of hydrogen-bond donors (Lipinski definition) is 2. The minimum absolute atomic E-state index is 0.201. The first-order valence-corrected chi connectivity index (χ1v) is 11.6. The van der Waals surface area contributed by atoms with Crippen molar-refractivity contribution >= 4 is 29.4 Å². The number of anilines is 4. The zero-order valence-electron chi connectivity index (χ0n) is 19.2. The molecule has 0 bridgehead atoms. The van der Waals surface area contributed by atoms with Crippen LogP contribution < -0.4 is 20.9 Å². The van der Waals surface area contributed by atoms with Crippen LogP contribution in [-0.2, 0) is 17.6 Å². The summed E-state index contributed by atoms with van der Waals surface area (Å²) in [5, 5.41) is 3.10. The number of rotatable bonds is 5. The summed E-state index contributed by atoms with van der Waals surface area (Å²) in [7, 11) is 0. The first-order chi connectivity index (χ1) is 16.6. The lowest BCUT2D eigenvalue weighted by atomic mass is 10.1. The zero-order chi connectivity index (χ0) is 23.5. The number of morpholine rings is 1. The fourth-order valence-electron chi connectivity index (χ4n) is 4.36. The Kier molecular flexibility index (Phi) is 6.22. The normalized spacial score (nSPS) is 15.3. The number of nitrogens with zero attached hydrogens (tertiary/aromatic N) is 6. The lowest BCUT2D eigenvalue weighted by Crippen LogP contribution is -2.38. The Morgan fingerprint density at radius 1 is 1.12 bits per heavy atom. The molecule has 2 aliphatic rings. The SMILES string of the molecule is CCCc1ccccc1NC(=O)N1CCc2c(-c3cnc(N)nc3)nc(N3CCOCC3)nc21. The van der Waals surface area contributed by atoms with Crippen LogP contribution in [0.25, 0.3) is 11.3 Å². The van der Waals surface area contributed by atoms with Crippen molar-refractivity contribution in [2.45, 2.75) is 26.2 Å². The first kappa shape index (κ1) is 22.0. The van der Waals surface area contributed by atoms with Crippen LogP contribution in [0.3, 0.4) is 0 Å². The molecule has 1 aromatic carbocycles. The highest BCUT2D eigenvalue weighted by molar-refractivity contribution is 6.03. The van der Waals surface area contributed by atoms with Gasteiger partial charge in [0.15, 0.2) is 0 Å². The predicted molar refractivity (Wildman–Crippen MR) is 131 cm³/mol. The molecule has 5 rings (SSSR count). The summed E-state index contributed by atoms with van der Waals surface area (Å²) in [4.78, 5) is 35.2. The number of hydrogen-bond acceptors (Lipinski definition) is 8. The van der Waals surface area contributed by atoms with Gasteiger partial charge in [0.2, 0.25) is 11.9 Å². The molecule has 0 spiro atoms. The lowest BCUT2D eigenvalue weighted by Gasteiger charge is -2.28. The summed E-state index contributed by atoms with van der Waals surface area (Å²) in [6, 6.07) is 7.72. The second-order valence-electron chi connectivity index (χ2n) is 8.34. The van der Waals surface area contributed by atoms with Crippen LogP contribution in [-0.4, -0.2) is 58.8 Å². The van der Waals surface area contributed by atoms with E-state index in [2.05, 4.69) is 33.2 Å². The Morgan fingerprint density at radius 2 is 1.88 bits per heavy atom. The Balaban J connectivity index is 1.51. The van der Waals surface area contributed by atoms with Gasteiger partial charge in [-0.2, -0.15) is 4.98 Å². The van der Waals surface area contributed by atoms with Crippen molar-refractivity contribution in [3.05, 3.63) is 47.8 Å². The molecular weight excluding hydrogens is 432 g/mol. The Hall–Kier alpha value is -3.79. The molecule has 34 heavy (non-hydrogen) atoms. The van der Waals surface area contributed by atoms with Gasteiger partial charge in [-0.1, -0.05) is 31.5 Å². The van der Waals surface area contributed by atoms with Gasteiger partial charge in [-0.3, -0.25) is 4.90 Å². The number of para-hydroxylation sites is 1. The fraction of sp³-hybridized carbons (Fsp3) is 0.375. The standard InChI is InChI=1S/C24H28N8O2/c1-2-5-16-6-3-4-7-19(16)28-24(33)32-9-8-18-20(17-14-26-22(25)27-15-17)29-23(30-21(18)32)31-10-12-34-13-11-31/h3-4,6-7,14-15H,2,5,8-13H2,1H3,(H,28,33)(H2,25,26,27). The number of nitrogen functional groups attached to an aromatic ring is 1. The average Bonchev–Trinajstić information content (AvgIpc) is 3.30.